The maximum Gasteiger partial charge on any atom is 0.268 e. The van der Waals surface area contributed by atoms with E-state index in [4.69, 9.17) is 5.73 Å². The SMILES string of the molecule is CCC(N)Cn1sc2ccccc2c1=O. The van der Waals surface area contributed by atoms with Gasteiger partial charge in [0.05, 0.1) is 16.6 Å². The first-order valence-corrected chi connectivity index (χ1v) is 5.84. The van der Waals surface area contributed by atoms with E-state index in [2.05, 4.69) is 0 Å². The van der Waals surface area contributed by atoms with Crippen molar-refractivity contribution in [3.63, 3.8) is 0 Å². The molecule has 80 valence electrons. The standard InChI is InChI=1S/C11H14N2OS/c1-2-8(12)7-13-11(14)9-5-3-4-6-10(9)15-13/h3-6,8H,2,7,12H2,1H3. The first kappa shape index (κ1) is 10.4. The van der Waals surface area contributed by atoms with Gasteiger partial charge in [-0.3, -0.25) is 8.75 Å². The third-order valence-electron chi connectivity index (χ3n) is 2.48. The van der Waals surface area contributed by atoms with E-state index in [0.29, 0.717) is 6.54 Å². The number of rotatable bonds is 3. The second kappa shape index (κ2) is 4.16. The van der Waals surface area contributed by atoms with Crippen LogP contribution in [0.2, 0.25) is 0 Å². The van der Waals surface area contributed by atoms with Crippen molar-refractivity contribution in [1.29, 1.82) is 0 Å². The fourth-order valence-electron chi connectivity index (χ4n) is 1.48. The molecule has 0 amide bonds. The summed E-state index contributed by atoms with van der Waals surface area (Å²) in [6.07, 6.45) is 0.890. The number of hydrogen-bond acceptors (Lipinski definition) is 3. The topological polar surface area (TPSA) is 48.0 Å². The molecule has 15 heavy (non-hydrogen) atoms. The van der Waals surface area contributed by atoms with E-state index in [0.717, 1.165) is 16.5 Å². The Morgan fingerprint density at radius 1 is 1.47 bits per heavy atom. The summed E-state index contributed by atoms with van der Waals surface area (Å²) in [4.78, 5) is 11.9. The molecule has 1 heterocycles. The highest BCUT2D eigenvalue weighted by atomic mass is 32.1. The summed E-state index contributed by atoms with van der Waals surface area (Å²) in [5.41, 5.74) is 5.93. The third kappa shape index (κ3) is 1.96. The minimum Gasteiger partial charge on any atom is -0.326 e. The molecule has 0 aliphatic carbocycles. The van der Waals surface area contributed by atoms with Crippen LogP contribution in [-0.4, -0.2) is 10.00 Å². The Bertz CT molecular complexity index is 515. The first-order chi connectivity index (χ1) is 7.22. The van der Waals surface area contributed by atoms with Crippen molar-refractivity contribution in [2.75, 3.05) is 0 Å². The predicted octanol–water partition coefficient (Wildman–Crippen LogP) is 1.80. The summed E-state index contributed by atoms with van der Waals surface area (Å²) in [7, 11) is 0. The summed E-state index contributed by atoms with van der Waals surface area (Å²) in [6.45, 7) is 2.65. The summed E-state index contributed by atoms with van der Waals surface area (Å²) >= 11 is 1.49. The van der Waals surface area contributed by atoms with Crippen LogP contribution in [0.1, 0.15) is 13.3 Å². The lowest BCUT2D eigenvalue weighted by molar-refractivity contribution is 0.557. The van der Waals surface area contributed by atoms with Crippen LogP contribution in [0.4, 0.5) is 0 Å². The molecule has 0 aliphatic rings. The maximum atomic E-state index is 11.9. The lowest BCUT2D eigenvalue weighted by Gasteiger charge is -2.06. The smallest absolute Gasteiger partial charge is 0.268 e. The van der Waals surface area contributed by atoms with E-state index in [1.54, 1.807) is 3.96 Å². The average molecular weight is 222 g/mol. The zero-order valence-corrected chi connectivity index (χ0v) is 9.46. The molecule has 0 saturated heterocycles. The van der Waals surface area contributed by atoms with E-state index in [1.807, 2.05) is 31.2 Å². The quantitative estimate of drug-likeness (QED) is 0.860. The highest BCUT2D eigenvalue weighted by Gasteiger charge is 2.08. The lowest BCUT2D eigenvalue weighted by Crippen LogP contribution is -2.28. The van der Waals surface area contributed by atoms with Gasteiger partial charge in [-0.1, -0.05) is 30.6 Å². The van der Waals surface area contributed by atoms with Gasteiger partial charge in [-0.15, -0.1) is 0 Å². The molecule has 1 aromatic heterocycles. The number of nitrogens with two attached hydrogens (primary N) is 1. The van der Waals surface area contributed by atoms with Gasteiger partial charge >= 0.3 is 0 Å². The molecule has 0 aliphatic heterocycles. The van der Waals surface area contributed by atoms with E-state index in [-0.39, 0.29) is 11.6 Å². The highest BCUT2D eigenvalue weighted by molar-refractivity contribution is 7.13. The van der Waals surface area contributed by atoms with Gasteiger partial charge in [-0.25, -0.2) is 0 Å². The number of nitrogens with zero attached hydrogens (tertiary/aromatic N) is 1. The van der Waals surface area contributed by atoms with Crippen molar-refractivity contribution >= 4 is 21.6 Å². The van der Waals surface area contributed by atoms with Crippen LogP contribution >= 0.6 is 11.5 Å². The van der Waals surface area contributed by atoms with Crippen molar-refractivity contribution in [3.05, 3.63) is 34.6 Å². The van der Waals surface area contributed by atoms with Gasteiger partial charge in [0.15, 0.2) is 0 Å². The molecule has 0 fully saturated rings. The van der Waals surface area contributed by atoms with E-state index in [9.17, 15) is 4.79 Å². The highest BCUT2D eigenvalue weighted by Crippen LogP contribution is 2.15. The fourth-order valence-corrected chi connectivity index (χ4v) is 2.56. The van der Waals surface area contributed by atoms with Crippen LogP contribution in [0.3, 0.4) is 0 Å². The first-order valence-electron chi connectivity index (χ1n) is 5.06. The van der Waals surface area contributed by atoms with Crippen molar-refractivity contribution in [3.8, 4) is 0 Å². The van der Waals surface area contributed by atoms with Crippen LogP contribution in [-0.2, 0) is 6.54 Å². The van der Waals surface area contributed by atoms with Crippen LogP contribution in [0, 0.1) is 0 Å². The Balaban J connectivity index is 2.45. The summed E-state index contributed by atoms with van der Waals surface area (Å²) in [5, 5.41) is 0.797. The number of benzene rings is 1. The molecule has 0 bridgehead atoms. The van der Waals surface area contributed by atoms with Crippen molar-refractivity contribution < 1.29 is 0 Å². The minimum absolute atomic E-state index is 0.0655. The average Bonchev–Trinajstić information content (AvgIpc) is 2.57. The molecule has 1 atom stereocenters. The number of hydrogen-bond donors (Lipinski definition) is 1. The normalized spacial score (nSPS) is 13.2. The number of fused-ring (bicyclic) bond motifs is 1. The Morgan fingerprint density at radius 2 is 2.20 bits per heavy atom. The monoisotopic (exact) mass is 222 g/mol. The fraction of sp³-hybridized carbons (Fsp3) is 0.364. The number of aromatic nitrogens is 1. The summed E-state index contributed by atoms with van der Waals surface area (Å²) in [5.74, 6) is 0. The molecule has 1 unspecified atom stereocenters. The Morgan fingerprint density at radius 3 is 2.87 bits per heavy atom. The van der Waals surface area contributed by atoms with Gasteiger partial charge in [0, 0.05) is 6.04 Å². The van der Waals surface area contributed by atoms with Gasteiger partial charge in [0.25, 0.3) is 5.56 Å². The summed E-state index contributed by atoms with van der Waals surface area (Å²) in [6, 6.07) is 7.73. The third-order valence-corrected chi connectivity index (χ3v) is 3.57. The molecule has 0 spiro atoms. The van der Waals surface area contributed by atoms with Crippen molar-refractivity contribution in [2.24, 2.45) is 5.73 Å². The second-order valence-electron chi connectivity index (χ2n) is 3.62. The van der Waals surface area contributed by atoms with Gasteiger partial charge in [-0.05, 0) is 18.6 Å². The molecule has 2 rings (SSSR count). The minimum atomic E-state index is 0.0655. The predicted molar refractivity (Wildman–Crippen MR) is 64.4 cm³/mol. The summed E-state index contributed by atoms with van der Waals surface area (Å²) < 4.78 is 2.78. The molecule has 0 radical (unpaired) electrons. The van der Waals surface area contributed by atoms with E-state index < -0.39 is 0 Å². The van der Waals surface area contributed by atoms with Crippen LogP contribution < -0.4 is 11.3 Å². The van der Waals surface area contributed by atoms with Gasteiger partial charge in [0.1, 0.15) is 0 Å². The second-order valence-corrected chi connectivity index (χ2v) is 4.69. The zero-order chi connectivity index (χ0) is 10.8. The lowest BCUT2D eigenvalue weighted by atomic mass is 10.2. The Kier molecular flexibility index (Phi) is 2.88. The molecule has 1 aromatic carbocycles. The van der Waals surface area contributed by atoms with Gasteiger partial charge in [-0.2, -0.15) is 0 Å². The van der Waals surface area contributed by atoms with Gasteiger partial charge < -0.3 is 5.73 Å². The van der Waals surface area contributed by atoms with Crippen LogP contribution in [0.5, 0.6) is 0 Å². The van der Waals surface area contributed by atoms with Crippen molar-refractivity contribution in [2.45, 2.75) is 25.9 Å². The largest absolute Gasteiger partial charge is 0.326 e. The Hall–Kier alpha value is -1.13. The molecule has 0 saturated carbocycles. The molecule has 2 aromatic rings. The van der Waals surface area contributed by atoms with Gasteiger partial charge in [0.2, 0.25) is 0 Å². The molecule has 2 N–H and O–H groups in total. The van der Waals surface area contributed by atoms with E-state index >= 15 is 0 Å². The molecular formula is C11H14N2OS. The molecule has 4 heteroatoms. The van der Waals surface area contributed by atoms with E-state index in [1.165, 1.54) is 11.5 Å². The Labute approximate surface area is 92.3 Å². The van der Waals surface area contributed by atoms with Crippen LogP contribution in [0.15, 0.2) is 29.1 Å². The maximum absolute atomic E-state index is 11.9. The zero-order valence-electron chi connectivity index (χ0n) is 8.64. The van der Waals surface area contributed by atoms with Crippen LogP contribution in [0.25, 0.3) is 10.1 Å². The van der Waals surface area contributed by atoms with Crippen molar-refractivity contribution in [1.82, 2.24) is 3.96 Å². The molecular weight excluding hydrogens is 208 g/mol. The molecule has 3 nitrogen and oxygen atoms in total.